The molecule has 2 rings (SSSR count). The zero-order valence-corrected chi connectivity index (χ0v) is 12.5. The highest BCUT2D eigenvalue weighted by Gasteiger charge is 2.36. The van der Waals surface area contributed by atoms with E-state index in [1.807, 2.05) is 0 Å². The Morgan fingerprint density at radius 3 is 2.84 bits per heavy atom. The van der Waals surface area contributed by atoms with Crippen LogP contribution in [0.1, 0.15) is 46.5 Å². The number of rotatable bonds is 4. The van der Waals surface area contributed by atoms with Crippen molar-refractivity contribution in [2.45, 2.75) is 58.5 Å². The van der Waals surface area contributed by atoms with Crippen molar-refractivity contribution in [2.24, 2.45) is 11.3 Å². The van der Waals surface area contributed by atoms with Gasteiger partial charge in [0.05, 0.1) is 19.1 Å². The average molecular weight is 268 g/mol. The molecule has 19 heavy (non-hydrogen) atoms. The van der Waals surface area contributed by atoms with Gasteiger partial charge in [0.1, 0.15) is 0 Å². The van der Waals surface area contributed by atoms with Crippen LogP contribution in [-0.2, 0) is 9.53 Å². The Kier molecular flexibility index (Phi) is 4.85. The highest BCUT2D eigenvalue weighted by molar-refractivity contribution is 5.80. The molecular formula is C15H28N2O2. The molecule has 0 aromatic heterocycles. The number of carbonyl (C=O) groups excluding carboxylic acids is 1. The van der Waals surface area contributed by atoms with E-state index in [9.17, 15) is 4.79 Å². The van der Waals surface area contributed by atoms with Crippen LogP contribution in [0.15, 0.2) is 0 Å². The van der Waals surface area contributed by atoms with E-state index in [2.05, 4.69) is 31.4 Å². The lowest BCUT2D eigenvalue weighted by molar-refractivity contribution is -0.126. The molecule has 1 amide bonds. The number of carbonyl (C=O) groups is 1. The van der Waals surface area contributed by atoms with Gasteiger partial charge in [-0.3, -0.25) is 4.79 Å². The van der Waals surface area contributed by atoms with E-state index >= 15 is 0 Å². The highest BCUT2D eigenvalue weighted by atomic mass is 16.5. The van der Waals surface area contributed by atoms with Crippen LogP contribution in [0.3, 0.4) is 0 Å². The maximum absolute atomic E-state index is 12.4. The van der Waals surface area contributed by atoms with Gasteiger partial charge < -0.3 is 15.4 Å². The van der Waals surface area contributed by atoms with Gasteiger partial charge in [-0.05, 0) is 31.2 Å². The number of hydrogen-bond acceptors (Lipinski definition) is 3. The van der Waals surface area contributed by atoms with E-state index in [4.69, 9.17) is 4.74 Å². The van der Waals surface area contributed by atoms with Crippen molar-refractivity contribution >= 4 is 5.91 Å². The predicted molar refractivity (Wildman–Crippen MR) is 76.0 cm³/mol. The SMILES string of the molecule is CCNC1COCC1C(=O)NC1CCCC(C)(C)C1. The second kappa shape index (κ2) is 6.23. The second-order valence-electron chi connectivity index (χ2n) is 6.77. The Bertz CT molecular complexity index is 317. The van der Waals surface area contributed by atoms with E-state index in [0.717, 1.165) is 19.4 Å². The minimum atomic E-state index is -0.0232. The van der Waals surface area contributed by atoms with Gasteiger partial charge in [0.2, 0.25) is 5.91 Å². The van der Waals surface area contributed by atoms with Crippen LogP contribution in [-0.4, -0.2) is 37.7 Å². The number of ether oxygens (including phenoxy) is 1. The lowest BCUT2D eigenvalue weighted by Crippen LogP contribution is -2.48. The summed E-state index contributed by atoms with van der Waals surface area (Å²) in [5, 5.41) is 6.59. The molecule has 0 bridgehead atoms. The zero-order chi connectivity index (χ0) is 13.9. The van der Waals surface area contributed by atoms with Gasteiger partial charge in [-0.25, -0.2) is 0 Å². The monoisotopic (exact) mass is 268 g/mol. The molecule has 3 atom stereocenters. The van der Waals surface area contributed by atoms with Crippen LogP contribution in [0.4, 0.5) is 0 Å². The molecule has 4 heteroatoms. The van der Waals surface area contributed by atoms with E-state index in [0.29, 0.717) is 24.7 Å². The van der Waals surface area contributed by atoms with Crippen molar-refractivity contribution in [3.8, 4) is 0 Å². The molecule has 0 aromatic rings. The second-order valence-corrected chi connectivity index (χ2v) is 6.77. The standard InChI is InChI=1S/C15H28N2O2/c1-4-16-13-10-19-9-12(13)14(18)17-11-6-5-7-15(2,3)8-11/h11-13,16H,4-10H2,1-3H3,(H,17,18). The molecule has 1 aliphatic heterocycles. The van der Waals surface area contributed by atoms with Gasteiger partial charge in [0, 0.05) is 12.1 Å². The van der Waals surface area contributed by atoms with E-state index in [1.54, 1.807) is 0 Å². The summed E-state index contributed by atoms with van der Waals surface area (Å²) in [5.74, 6) is 0.149. The fourth-order valence-corrected chi connectivity index (χ4v) is 3.41. The third-order valence-corrected chi connectivity index (χ3v) is 4.44. The van der Waals surface area contributed by atoms with Crippen molar-refractivity contribution < 1.29 is 9.53 Å². The Balaban J connectivity index is 1.86. The van der Waals surface area contributed by atoms with Gasteiger partial charge in [-0.2, -0.15) is 0 Å². The number of amides is 1. The third kappa shape index (κ3) is 3.93. The maximum atomic E-state index is 12.4. The van der Waals surface area contributed by atoms with Gasteiger partial charge in [-0.15, -0.1) is 0 Å². The lowest BCUT2D eigenvalue weighted by atomic mass is 9.75. The van der Waals surface area contributed by atoms with Crippen molar-refractivity contribution in [3.05, 3.63) is 0 Å². The summed E-state index contributed by atoms with van der Waals surface area (Å²) in [6, 6.07) is 0.528. The fraction of sp³-hybridized carbons (Fsp3) is 0.933. The van der Waals surface area contributed by atoms with E-state index < -0.39 is 0 Å². The predicted octanol–water partition coefficient (Wildman–Crippen LogP) is 1.70. The van der Waals surface area contributed by atoms with Crippen molar-refractivity contribution in [3.63, 3.8) is 0 Å². The zero-order valence-electron chi connectivity index (χ0n) is 12.5. The molecule has 4 nitrogen and oxygen atoms in total. The summed E-state index contributed by atoms with van der Waals surface area (Å²) in [7, 11) is 0. The number of likely N-dealkylation sites (N-methyl/N-ethyl adjacent to an activating group) is 1. The van der Waals surface area contributed by atoms with Crippen molar-refractivity contribution in [1.29, 1.82) is 0 Å². The first kappa shape index (κ1) is 14.8. The molecule has 0 aromatic carbocycles. The minimum Gasteiger partial charge on any atom is -0.379 e. The topological polar surface area (TPSA) is 50.4 Å². The van der Waals surface area contributed by atoms with E-state index in [1.165, 1.54) is 12.8 Å². The molecule has 110 valence electrons. The molecular weight excluding hydrogens is 240 g/mol. The number of nitrogens with one attached hydrogen (secondary N) is 2. The summed E-state index contributed by atoms with van der Waals surface area (Å²) in [6.07, 6.45) is 4.70. The summed E-state index contributed by atoms with van der Waals surface area (Å²) >= 11 is 0. The maximum Gasteiger partial charge on any atom is 0.227 e. The van der Waals surface area contributed by atoms with E-state index in [-0.39, 0.29) is 17.9 Å². The largest absolute Gasteiger partial charge is 0.379 e. The molecule has 0 spiro atoms. The molecule has 2 aliphatic rings. The Morgan fingerprint density at radius 1 is 1.37 bits per heavy atom. The molecule has 2 fully saturated rings. The average Bonchev–Trinajstić information content (AvgIpc) is 2.76. The molecule has 2 N–H and O–H groups in total. The van der Waals surface area contributed by atoms with Crippen molar-refractivity contribution in [2.75, 3.05) is 19.8 Å². The molecule has 1 heterocycles. The number of hydrogen-bond donors (Lipinski definition) is 2. The van der Waals surface area contributed by atoms with Crippen LogP contribution in [0.5, 0.6) is 0 Å². The molecule has 1 aliphatic carbocycles. The van der Waals surface area contributed by atoms with Gasteiger partial charge in [0.15, 0.2) is 0 Å². The van der Waals surface area contributed by atoms with Gasteiger partial charge in [0.25, 0.3) is 0 Å². The Hall–Kier alpha value is -0.610. The minimum absolute atomic E-state index is 0.0232. The fourth-order valence-electron chi connectivity index (χ4n) is 3.41. The summed E-state index contributed by atoms with van der Waals surface area (Å²) < 4.78 is 5.45. The van der Waals surface area contributed by atoms with Crippen LogP contribution in [0, 0.1) is 11.3 Å². The Morgan fingerprint density at radius 2 is 2.16 bits per heavy atom. The first-order valence-corrected chi connectivity index (χ1v) is 7.63. The van der Waals surface area contributed by atoms with Gasteiger partial charge >= 0.3 is 0 Å². The summed E-state index contributed by atoms with van der Waals surface area (Å²) in [5.41, 5.74) is 0.365. The van der Waals surface area contributed by atoms with Crippen LogP contribution < -0.4 is 10.6 Å². The smallest absolute Gasteiger partial charge is 0.227 e. The molecule has 1 saturated heterocycles. The first-order valence-electron chi connectivity index (χ1n) is 7.63. The molecule has 1 saturated carbocycles. The van der Waals surface area contributed by atoms with Crippen LogP contribution in [0.25, 0.3) is 0 Å². The third-order valence-electron chi connectivity index (χ3n) is 4.44. The molecule has 3 unspecified atom stereocenters. The lowest BCUT2D eigenvalue weighted by Gasteiger charge is -2.36. The first-order chi connectivity index (χ1) is 9.02. The summed E-state index contributed by atoms with van der Waals surface area (Å²) in [6.45, 7) is 8.75. The van der Waals surface area contributed by atoms with Crippen LogP contribution in [0.2, 0.25) is 0 Å². The van der Waals surface area contributed by atoms with Gasteiger partial charge in [-0.1, -0.05) is 27.2 Å². The quantitative estimate of drug-likeness (QED) is 0.816. The molecule has 0 radical (unpaired) electrons. The Labute approximate surface area is 116 Å². The normalized spacial score (nSPS) is 34.2. The van der Waals surface area contributed by atoms with Crippen LogP contribution >= 0.6 is 0 Å². The highest BCUT2D eigenvalue weighted by Crippen LogP contribution is 2.35. The van der Waals surface area contributed by atoms with Crippen molar-refractivity contribution in [1.82, 2.24) is 10.6 Å². The summed E-state index contributed by atoms with van der Waals surface area (Å²) in [4.78, 5) is 12.4.